The summed E-state index contributed by atoms with van der Waals surface area (Å²) in [6, 6.07) is 14.1. The predicted octanol–water partition coefficient (Wildman–Crippen LogP) is 3.13. The van der Waals surface area contributed by atoms with Gasteiger partial charge < -0.3 is 4.90 Å². The minimum atomic E-state index is -0.633. The van der Waals surface area contributed by atoms with E-state index in [0.717, 1.165) is 28.1 Å². The molecule has 0 spiro atoms. The number of carbonyl (C=O) groups excluding carboxylic acids is 3. The van der Waals surface area contributed by atoms with E-state index in [0.29, 0.717) is 5.69 Å². The first-order valence-corrected chi connectivity index (χ1v) is 9.49. The van der Waals surface area contributed by atoms with Crippen molar-refractivity contribution in [1.82, 2.24) is 4.90 Å². The normalized spacial score (nSPS) is 21.5. The molecule has 0 N–H and O–H groups in total. The molecule has 6 heteroatoms. The highest BCUT2D eigenvalue weighted by Crippen LogP contribution is 2.32. The Labute approximate surface area is 164 Å². The SMILES string of the molecule is Cc1ccc(N2C(=O)N(CC(=O)N3c4ccccc4C[C@@H]3C)C(=O)[C@H]2C)cc1. The fourth-order valence-corrected chi connectivity index (χ4v) is 4.07. The Balaban J connectivity index is 1.56. The maximum atomic E-state index is 13.0. The van der Waals surface area contributed by atoms with Crippen LogP contribution in [0.3, 0.4) is 0 Å². The number of imide groups is 1. The average molecular weight is 377 g/mol. The number of hydrogen-bond donors (Lipinski definition) is 0. The Kier molecular flexibility index (Phi) is 4.41. The number of anilines is 2. The highest BCUT2D eigenvalue weighted by Gasteiger charge is 2.45. The second-order valence-electron chi connectivity index (χ2n) is 7.53. The largest absolute Gasteiger partial charge is 0.332 e. The zero-order valence-corrected chi connectivity index (χ0v) is 16.3. The summed E-state index contributed by atoms with van der Waals surface area (Å²) in [6.45, 7) is 5.39. The van der Waals surface area contributed by atoms with Gasteiger partial charge in [0.05, 0.1) is 0 Å². The maximum Gasteiger partial charge on any atom is 0.332 e. The molecular formula is C22H23N3O3. The molecule has 0 aliphatic carbocycles. The van der Waals surface area contributed by atoms with Crippen LogP contribution < -0.4 is 9.80 Å². The Morgan fingerprint density at radius 2 is 1.71 bits per heavy atom. The summed E-state index contributed by atoms with van der Waals surface area (Å²) in [7, 11) is 0. The lowest BCUT2D eigenvalue weighted by molar-refractivity contribution is -0.131. The molecule has 0 bridgehead atoms. The number of hydrogen-bond acceptors (Lipinski definition) is 3. The highest BCUT2D eigenvalue weighted by molar-refractivity contribution is 6.16. The van der Waals surface area contributed by atoms with Gasteiger partial charge in [0.1, 0.15) is 12.6 Å². The second kappa shape index (κ2) is 6.78. The van der Waals surface area contributed by atoms with E-state index in [9.17, 15) is 14.4 Å². The van der Waals surface area contributed by atoms with Crippen molar-refractivity contribution >= 4 is 29.2 Å². The molecule has 2 aliphatic heterocycles. The molecule has 144 valence electrons. The van der Waals surface area contributed by atoms with Gasteiger partial charge in [-0.05, 0) is 51.0 Å². The molecule has 2 atom stereocenters. The van der Waals surface area contributed by atoms with Gasteiger partial charge in [0, 0.05) is 17.4 Å². The standard InChI is InChI=1S/C22H23N3O3/c1-14-8-10-18(11-9-14)25-16(3)21(27)23(22(25)28)13-20(26)24-15(2)12-17-6-4-5-7-19(17)24/h4-11,15-16H,12-13H2,1-3H3/t15-,16+/m0/s1. The van der Waals surface area contributed by atoms with Gasteiger partial charge in [0.2, 0.25) is 5.91 Å². The molecule has 6 nitrogen and oxygen atoms in total. The van der Waals surface area contributed by atoms with Gasteiger partial charge >= 0.3 is 6.03 Å². The summed E-state index contributed by atoms with van der Waals surface area (Å²) in [5, 5.41) is 0. The van der Waals surface area contributed by atoms with Crippen LogP contribution in [-0.2, 0) is 16.0 Å². The highest BCUT2D eigenvalue weighted by atomic mass is 16.2. The van der Waals surface area contributed by atoms with Crippen molar-refractivity contribution in [2.45, 2.75) is 39.3 Å². The summed E-state index contributed by atoms with van der Waals surface area (Å²) in [6.07, 6.45) is 0.774. The van der Waals surface area contributed by atoms with Crippen molar-refractivity contribution < 1.29 is 14.4 Å². The van der Waals surface area contributed by atoms with Gasteiger partial charge in [-0.3, -0.25) is 19.4 Å². The molecule has 0 saturated carbocycles. The van der Waals surface area contributed by atoms with Crippen LogP contribution in [0.15, 0.2) is 48.5 Å². The summed E-state index contributed by atoms with van der Waals surface area (Å²) in [4.78, 5) is 42.9. The van der Waals surface area contributed by atoms with E-state index in [-0.39, 0.29) is 24.4 Å². The topological polar surface area (TPSA) is 60.9 Å². The molecule has 2 heterocycles. The van der Waals surface area contributed by atoms with Gasteiger partial charge in [-0.1, -0.05) is 35.9 Å². The van der Waals surface area contributed by atoms with Crippen molar-refractivity contribution in [1.29, 1.82) is 0 Å². The molecule has 28 heavy (non-hydrogen) atoms. The van der Waals surface area contributed by atoms with E-state index in [1.165, 1.54) is 4.90 Å². The molecule has 1 fully saturated rings. The zero-order valence-electron chi connectivity index (χ0n) is 16.3. The lowest BCUT2D eigenvalue weighted by Crippen LogP contribution is -2.45. The lowest BCUT2D eigenvalue weighted by Gasteiger charge is -2.25. The van der Waals surface area contributed by atoms with Crippen LogP contribution in [0.2, 0.25) is 0 Å². The van der Waals surface area contributed by atoms with Gasteiger partial charge in [0.15, 0.2) is 0 Å². The fraction of sp³-hybridized carbons (Fsp3) is 0.318. The number of amides is 4. The van der Waals surface area contributed by atoms with Crippen LogP contribution in [0.4, 0.5) is 16.2 Å². The molecule has 4 amide bonds. The van der Waals surface area contributed by atoms with Gasteiger partial charge in [-0.2, -0.15) is 0 Å². The van der Waals surface area contributed by atoms with Crippen LogP contribution in [0.5, 0.6) is 0 Å². The van der Waals surface area contributed by atoms with Crippen LogP contribution in [0, 0.1) is 6.92 Å². The number of aryl methyl sites for hydroxylation is 1. The monoisotopic (exact) mass is 377 g/mol. The molecule has 0 aromatic heterocycles. The maximum absolute atomic E-state index is 13.0. The number of rotatable bonds is 3. The molecular weight excluding hydrogens is 354 g/mol. The van der Waals surface area contributed by atoms with Gasteiger partial charge in [-0.15, -0.1) is 0 Å². The Morgan fingerprint density at radius 3 is 2.43 bits per heavy atom. The van der Waals surface area contributed by atoms with Crippen molar-refractivity contribution in [3.63, 3.8) is 0 Å². The van der Waals surface area contributed by atoms with Gasteiger partial charge in [-0.25, -0.2) is 4.79 Å². The molecule has 0 unspecified atom stereocenters. The van der Waals surface area contributed by atoms with Crippen LogP contribution in [-0.4, -0.2) is 41.4 Å². The van der Waals surface area contributed by atoms with E-state index in [2.05, 4.69) is 0 Å². The van der Waals surface area contributed by atoms with Crippen LogP contribution in [0.1, 0.15) is 25.0 Å². The number of urea groups is 1. The summed E-state index contributed by atoms with van der Waals surface area (Å²) in [5.41, 5.74) is 3.70. The molecule has 4 rings (SSSR count). The zero-order chi connectivity index (χ0) is 20.0. The number of benzene rings is 2. The Bertz CT molecular complexity index is 954. The van der Waals surface area contributed by atoms with Crippen molar-refractivity contribution in [3.05, 3.63) is 59.7 Å². The first-order valence-electron chi connectivity index (χ1n) is 9.49. The molecule has 1 saturated heterocycles. The third-order valence-electron chi connectivity index (χ3n) is 5.53. The molecule has 2 aromatic rings. The number of nitrogens with zero attached hydrogens (tertiary/aromatic N) is 3. The second-order valence-corrected chi connectivity index (χ2v) is 7.53. The summed E-state index contributed by atoms with van der Waals surface area (Å²) >= 11 is 0. The molecule has 0 radical (unpaired) electrons. The Hall–Kier alpha value is -3.15. The first kappa shape index (κ1) is 18.2. The van der Waals surface area contributed by atoms with Crippen molar-refractivity contribution in [2.24, 2.45) is 0 Å². The van der Waals surface area contributed by atoms with E-state index in [4.69, 9.17) is 0 Å². The first-order chi connectivity index (χ1) is 13.4. The minimum absolute atomic E-state index is 0.00309. The van der Waals surface area contributed by atoms with E-state index < -0.39 is 12.1 Å². The predicted molar refractivity (Wildman–Crippen MR) is 107 cm³/mol. The minimum Gasteiger partial charge on any atom is -0.307 e. The Morgan fingerprint density at radius 1 is 1.04 bits per heavy atom. The van der Waals surface area contributed by atoms with Crippen LogP contribution in [0.25, 0.3) is 0 Å². The summed E-state index contributed by atoms with van der Waals surface area (Å²) < 4.78 is 0. The van der Waals surface area contributed by atoms with Crippen molar-refractivity contribution in [3.8, 4) is 0 Å². The third kappa shape index (κ3) is 2.85. The smallest absolute Gasteiger partial charge is 0.307 e. The van der Waals surface area contributed by atoms with E-state index in [1.807, 2.05) is 62.4 Å². The fourth-order valence-electron chi connectivity index (χ4n) is 4.07. The van der Waals surface area contributed by atoms with Crippen molar-refractivity contribution in [2.75, 3.05) is 16.3 Å². The molecule has 2 aliphatic rings. The van der Waals surface area contributed by atoms with Crippen LogP contribution >= 0.6 is 0 Å². The lowest BCUT2D eigenvalue weighted by atomic mass is 10.1. The quantitative estimate of drug-likeness (QED) is 0.772. The number of para-hydroxylation sites is 1. The third-order valence-corrected chi connectivity index (χ3v) is 5.53. The summed E-state index contributed by atoms with van der Waals surface area (Å²) in [5.74, 6) is -0.587. The van der Waals surface area contributed by atoms with E-state index in [1.54, 1.807) is 11.8 Å². The molecule has 2 aromatic carbocycles. The van der Waals surface area contributed by atoms with Gasteiger partial charge in [0.25, 0.3) is 5.91 Å². The average Bonchev–Trinajstić information content (AvgIpc) is 3.11. The number of carbonyl (C=O) groups is 3. The van der Waals surface area contributed by atoms with E-state index >= 15 is 0 Å². The number of fused-ring (bicyclic) bond motifs is 1.